The highest BCUT2D eigenvalue weighted by atomic mass is 16.6. The molecule has 0 N–H and O–H groups in total. The first kappa shape index (κ1) is 23.4. The number of nitrogens with zero attached hydrogens (tertiary/aromatic N) is 2. The fourth-order valence-corrected chi connectivity index (χ4v) is 2.50. The average molecular weight is 394 g/mol. The van der Waals surface area contributed by atoms with Crippen LogP contribution in [0.1, 0.15) is 59.6 Å². The van der Waals surface area contributed by atoms with Gasteiger partial charge in [-0.15, -0.1) is 0 Å². The monoisotopic (exact) mass is 394 g/mol. The smallest absolute Gasteiger partial charge is 0.410 e. The molecule has 156 valence electrons. The maximum absolute atomic E-state index is 12.4. The maximum Gasteiger partial charge on any atom is 0.410 e. The number of amides is 1. The number of nitro groups is 1. The molecule has 1 aromatic rings. The van der Waals surface area contributed by atoms with Crippen LogP contribution < -0.4 is 0 Å². The lowest BCUT2D eigenvalue weighted by Crippen LogP contribution is -2.36. The fourth-order valence-electron chi connectivity index (χ4n) is 2.50. The third-order valence-electron chi connectivity index (χ3n) is 3.58. The number of hydrogen-bond acceptors (Lipinski definition) is 6. The Balaban J connectivity index is 3.21. The van der Waals surface area contributed by atoms with Gasteiger partial charge in [0.05, 0.1) is 23.5 Å². The molecule has 0 aromatic heterocycles. The van der Waals surface area contributed by atoms with Crippen LogP contribution in [0.3, 0.4) is 0 Å². The summed E-state index contributed by atoms with van der Waals surface area (Å²) in [7, 11) is 0. The second-order valence-corrected chi connectivity index (χ2v) is 8.43. The van der Waals surface area contributed by atoms with E-state index in [1.165, 1.54) is 17.0 Å². The molecular weight excluding hydrogens is 364 g/mol. The first-order valence-corrected chi connectivity index (χ1v) is 9.18. The number of carbonyl (C=O) groups excluding carboxylic acids is 2. The molecule has 0 aliphatic heterocycles. The van der Waals surface area contributed by atoms with Gasteiger partial charge in [-0.1, -0.05) is 12.1 Å². The van der Waals surface area contributed by atoms with Crippen LogP contribution in [0.25, 0.3) is 0 Å². The highest BCUT2D eigenvalue weighted by Gasteiger charge is 2.27. The largest absolute Gasteiger partial charge is 0.460 e. The second kappa shape index (κ2) is 9.03. The standard InChI is InChI=1S/C20H30N2O6/c1-8-21(18(24)28-20(5,6)7)13-15-14(10-9-11-16(15)22(25)26)12-17(23)27-19(2,3)4/h9-11H,8,12-13H2,1-7H3. The van der Waals surface area contributed by atoms with E-state index in [1.54, 1.807) is 54.5 Å². The minimum absolute atomic E-state index is 0.0410. The summed E-state index contributed by atoms with van der Waals surface area (Å²) >= 11 is 0. The Morgan fingerprint density at radius 1 is 1.07 bits per heavy atom. The van der Waals surface area contributed by atoms with Crippen LogP contribution in [0.5, 0.6) is 0 Å². The SMILES string of the molecule is CCN(Cc1c(CC(=O)OC(C)(C)C)cccc1[N+](=O)[O-])C(=O)OC(C)(C)C. The van der Waals surface area contributed by atoms with E-state index in [1.807, 2.05) is 0 Å². The van der Waals surface area contributed by atoms with Crippen molar-refractivity contribution in [1.29, 1.82) is 0 Å². The molecule has 1 amide bonds. The predicted octanol–water partition coefficient (Wildman–Crippen LogP) is 4.24. The van der Waals surface area contributed by atoms with Crippen LogP contribution in [0, 0.1) is 10.1 Å². The number of benzene rings is 1. The third-order valence-corrected chi connectivity index (χ3v) is 3.58. The molecule has 28 heavy (non-hydrogen) atoms. The number of nitro benzene ring substituents is 1. The molecule has 1 aromatic carbocycles. The number of ether oxygens (including phenoxy) is 2. The van der Waals surface area contributed by atoms with Gasteiger partial charge in [0.15, 0.2) is 0 Å². The average Bonchev–Trinajstić information content (AvgIpc) is 2.49. The van der Waals surface area contributed by atoms with E-state index in [2.05, 4.69) is 0 Å². The Labute approximate surface area is 166 Å². The molecule has 0 atom stereocenters. The summed E-state index contributed by atoms with van der Waals surface area (Å²) in [5.41, 5.74) is -0.754. The Kier molecular flexibility index (Phi) is 7.55. The molecule has 0 bridgehead atoms. The Bertz CT molecular complexity index is 731. The molecule has 0 saturated heterocycles. The van der Waals surface area contributed by atoms with Crippen LogP contribution in [0.15, 0.2) is 18.2 Å². The summed E-state index contributed by atoms with van der Waals surface area (Å²) in [6.07, 6.45) is -0.698. The van der Waals surface area contributed by atoms with Crippen molar-refractivity contribution in [2.24, 2.45) is 0 Å². The van der Waals surface area contributed by atoms with E-state index in [0.717, 1.165) is 0 Å². The molecule has 0 saturated carbocycles. The normalized spacial score (nSPS) is 11.7. The van der Waals surface area contributed by atoms with Crippen LogP contribution >= 0.6 is 0 Å². The van der Waals surface area contributed by atoms with E-state index in [-0.39, 0.29) is 18.7 Å². The minimum Gasteiger partial charge on any atom is -0.460 e. The van der Waals surface area contributed by atoms with Gasteiger partial charge >= 0.3 is 12.1 Å². The summed E-state index contributed by atoms with van der Waals surface area (Å²) in [5, 5.41) is 11.5. The third kappa shape index (κ3) is 7.54. The summed E-state index contributed by atoms with van der Waals surface area (Å²) < 4.78 is 10.7. The van der Waals surface area contributed by atoms with Crippen molar-refractivity contribution in [2.45, 2.75) is 72.6 Å². The zero-order valence-corrected chi connectivity index (χ0v) is 17.7. The van der Waals surface area contributed by atoms with Gasteiger partial charge in [0.25, 0.3) is 5.69 Å². The van der Waals surface area contributed by atoms with Crippen LogP contribution in [-0.4, -0.2) is 39.6 Å². The first-order chi connectivity index (χ1) is 12.7. The molecular formula is C20H30N2O6. The van der Waals surface area contributed by atoms with E-state index < -0.39 is 28.2 Å². The van der Waals surface area contributed by atoms with E-state index in [0.29, 0.717) is 17.7 Å². The Morgan fingerprint density at radius 2 is 1.64 bits per heavy atom. The van der Waals surface area contributed by atoms with Gasteiger partial charge in [-0.05, 0) is 54.0 Å². The van der Waals surface area contributed by atoms with Gasteiger partial charge in [-0.3, -0.25) is 14.9 Å². The number of hydrogen-bond donors (Lipinski definition) is 0. The molecule has 0 aliphatic carbocycles. The van der Waals surface area contributed by atoms with Crippen molar-refractivity contribution < 1.29 is 24.0 Å². The van der Waals surface area contributed by atoms with Gasteiger partial charge in [-0.25, -0.2) is 4.79 Å². The summed E-state index contributed by atoms with van der Waals surface area (Å²) in [6.45, 7) is 12.5. The lowest BCUT2D eigenvalue weighted by Gasteiger charge is -2.27. The van der Waals surface area contributed by atoms with Crippen LogP contribution in [-0.2, 0) is 27.2 Å². The summed E-state index contributed by atoms with van der Waals surface area (Å²) in [5.74, 6) is -0.491. The van der Waals surface area contributed by atoms with E-state index in [4.69, 9.17) is 9.47 Å². The summed E-state index contributed by atoms with van der Waals surface area (Å²) in [6, 6.07) is 4.51. The molecule has 8 nitrogen and oxygen atoms in total. The number of carbonyl (C=O) groups is 2. The van der Waals surface area contributed by atoms with Gasteiger partial charge < -0.3 is 14.4 Å². The van der Waals surface area contributed by atoms with Gasteiger partial charge in [0, 0.05) is 12.6 Å². The molecule has 1 rings (SSSR count). The zero-order valence-electron chi connectivity index (χ0n) is 17.7. The van der Waals surface area contributed by atoms with Gasteiger partial charge in [0.2, 0.25) is 0 Å². The molecule has 0 unspecified atom stereocenters. The molecule has 0 radical (unpaired) electrons. The lowest BCUT2D eigenvalue weighted by molar-refractivity contribution is -0.385. The van der Waals surface area contributed by atoms with Crippen molar-refractivity contribution in [3.63, 3.8) is 0 Å². The topological polar surface area (TPSA) is 99.0 Å². The summed E-state index contributed by atoms with van der Waals surface area (Å²) in [4.78, 5) is 37.0. The van der Waals surface area contributed by atoms with E-state index in [9.17, 15) is 19.7 Å². The van der Waals surface area contributed by atoms with Crippen molar-refractivity contribution in [1.82, 2.24) is 4.90 Å². The molecule has 0 spiro atoms. The van der Waals surface area contributed by atoms with Crippen molar-refractivity contribution in [3.8, 4) is 0 Å². The highest BCUT2D eigenvalue weighted by molar-refractivity contribution is 5.74. The number of esters is 1. The predicted molar refractivity (Wildman–Crippen MR) is 105 cm³/mol. The second-order valence-electron chi connectivity index (χ2n) is 8.43. The van der Waals surface area contributed by atoms with E-state index >= 15 is 0 Å². The number of rotatable bonds is 6. The Morgan fingerprint density at radius 3 is 2.11 bits per heavy atom. The van der Waals surface area contributed by atoms with Crippen LogP contribution in [0.4, 0.5) is 10.5 Å². The molecule has 0 fully saturated rings. The minimum atomic E-state index is -0.688. The fraction of sp³-hybridized carbons (Fsp3) is 0.600. The molecule has 0 aliphatic rings. The van der Waals surface area contributed by atoms with Gasteiger partial charge in [-0.2, -0.15) is 0 Å². The first-order valence-electron chi connectivity index (χ1n) is 9.18. The highest BCUT2D eigenvalue weighted by Crippen LogP contribution is 2.26. The quantitative estimate of drug-likeness (QED) is 0.407. The van der Waals surface area contributed by atoms with Crippen LogP contribution in [0.2, 0.25) is 0 Å². The van der Waals surface area contributed by atoms with Crippen molar-refractivity contribution in [3.05, 3.63) is 39.4 Å². The van der Waals surface area contributed by atoms with Crippen molar-refractivity contribution >= 4 is 17.7 Å². The molecule has 8 heteroatoms. The molecule has 0 heterocycles. The Hall–Kier alpha value is -2.64. The maximum atomic E-state index is 12.4. The zero-order chi connectivity index (χ0) is 21.7. The lowest BCUT2D eigenvalue weighted by atomic mass is 10.0. The van der Waals surface area contributed by atoms with Gasteiger partial charge in [0.1, 0.15) is 11.2 Å². The van der Waals surface area contributed by atoms with Crippen molar-refractivity contribution in [2.75, 3.05) is 6.54 Å².